The van der Waals surface area contributed by atoms with Gasteiger partial charge in [0.1, 0.15) is 0 Å². The Labute approximate surface area is 154 Å². The molecule has 0 N–H and O–H groups in total. The minimum Gasteiger partial charge on any atom is -0.341 e. The summed E-state index contributed by atoms with van der Waals surface area (Å²) < 4.78 is 0. The fourth-order valence-electron chi connectivity index (χ4n) is 3.88. The van der Waals surface area contributed by atoms with Gasteiger partial charge in [-0.15, -0.1) is 0 Å². The molecule has 0 radical (unpaired) electrons. The molecule has 1 saturated heterocycles. The van der Waals surface area contributed by atoms with E-state index in [9.17, 15) is 9.59 Å². The van der Waals surface area contributed by atoms with E-state index in [1.54, 1.807) is 0 Å². The number of hydrogen-bond acceptors (Lipinski definition) is 2. The summed E-state index contributed by atoms with van der Waals surface area (Å²) >= 11 is 0. The molecule has 0 aromatic heterocycles. The molecule has 0 bridgehead atoms. The van der Waals surface area contributed by atoms with Crippen molar-refractivity contribution < 1.29 is 9.59 Å². The molecule has 2 fully saturated rings. The van der Waals surface area contributed by atoms with Crippen molar-refractivity contribution >= 4 is 11.8 Å². The van der Waals surface area contributed by atoms with Crippen LogP contribution in [-0.4, -0.2) is 47.8 Å². The summed E-state index contributed by atoms with van der Waals surface area (Å²) in [5.74, 6) is 0.809. The molecule has 2 amide bonds. The molecule has 2 aromatic carbocycles. The Kier molecular flexibility index (Phi) is 4.74. The lowest BCUT2D eigenvalue weighted by Crippen LogP contribution is -2.38. The van der Waals surface area contributed by atoms with Crippen molar-refractivity contribution in [3.63, 3.8) is 0 Å². The molecule has 4 heteroatoms. The van der Waals surface area contributed by atoms with Gasteiger partial charge in [0.15, 0.2) is 0 Å². The maximum absolute atomic E-state index is 12.9. The molecule has 4 rings (SSSR count). The molecule has 2 aliphatic rings. The summed E-state index contributed by atoms with van der Waals surface area (Å²) in [5.41, 5.74) is 1.99. The van der Waals surface area contributed by atoms with E-state index in [-0.39, 0.29) is 17.7 Å². The van der Waals surface area contributed by atoms with Crippen LogP contribution in [-0.2, 0) is 4.79 Å². The van der Waals surface area contributed by atoms with Crippen molar-refractivity contribution in [1.29, 1.82) is 0 Å². The fourth-order valence-corrected chi connectivity index (χ4v) is 3.88. The third-order valence-electron chi connectivity index (χ3n) is 5.45. The number of amides is 2. The molecular formula is C22H24N2O2. The van der Waals surface area contributed by atoms with Crippen LogP contribution in [0, 0.1) is 5.92 Å². The van der Waals surface area contributed by atoms with Crippen LogP contribution in [0.25, 0.3) is 0 Å². The average Bonchev–Trinajstić information content (AvgIpc) is 3.52. The molecule has 1 aliphatic carbocycles. The minimum absolute atomic E-state index is 0.0634. The van der Waals surface area contributed by atoms with Crippen LogP contribution < -0.4 is 0 Å². The highest BCUT2D eigenvalue weighted by atomic mass is 16.2. The highest BCUT2D eigenvalue weighted by molar-refractivity contribution is 5.94. The molecule has 2 atom stereocenters. The second-order valence-corrected chi connectivity index (χ2v) is 7.20. The first kappa shape index (κ1) is 16.8. The number of benzene rings is 2. The highest BCUT2D eigenvalue weighted by Gasteiger charge is 2.45. The summed E-state index contributed by atoms with van der Waals surface area (Å²) in [6, 6.07) is 19.7. The molecule has 26 heavy (non-hydrogen) atoms. The van der Waals surface area contributed by atoms with Gasteiger partial charge in [0, 0.05) is 37.7 Å². The fraction of sp³-hybridized carbons (Fsp3) is 0.364. The number of carbonyl (C=O) groups is 2. The van der Waals surface area contributed by atoms with Crippen LogP contribution in [0.3, 0.4) is 0 Å². The number of carbonyl (C=O) groups excluding carboxylic acids is 2. The van der Waals surface area contributed by atoms with Crippen LogP contribution >= 0.6 is 0 Å². The van der Waals surface area contributed by atoms with Crippen LogP contribution in [0.15, 0.2) is 60.7 Å². The van der Waals surface area contributed by atoms with Crippen LogP contribution in [0.5, 0.6) is 0 Å². The van der Waals surface area contributed by atoms with Crippen molar-refractivity contribution in [2.75, 3.05) is 26.2 Å². The van der Waals surface area contributed by atoms with Gasteiger partial charge in [-0.1, -0.05) is 48.5 Å². The van der Waals surface area contributed by atoms with Crippen LogP contribution in [0.2, 0.25) is 0 Å². The standard InChI is InChI=1S/C22H24N2O2/c25-21(18-10-5-2-6-11-18)23-12-7-13-24(15-14-23)22(26)20-16-19(20)17-8-3-1-4-9-17/h1-6,8-11,19-20H,7,12-16H2/t19-,20-/m1/s1. The van der Waals surface area contributed by atoms with Gasteiger partial charge in [0.25, 0.3) is 5.91 Å². The van der Waals surface area contributed by atoms with E-state index >= 15 is 0 Å². The van der Waals surface area contributed by atoms with Crippen molar-refractivity contribution in [2.45, 2.75) is 18.8 Å². The van der Waals surface area contributed by atoms with E-state index in [1.165, 1.54) is 5.56 Å². The molecule has 1 heterocycles. The SMILES string of the molecule is O=C(c1ccccc1)N1CCCN(C(=O)[C@@H]2C[C@@H]2c2ccccc2)CC1. The average molecular weight is 348 g/mol. The quantitative estimate of drug-likeness (QED) is 0.855. The molecule has 0 unspecified atom stereocenters. The first-order valence-electron chi connectivity index (χ1n) is 9.42. The van der Waals surface area contributed by atoms with Crippen molar-refractivity contribution in [2.24, 2.45) is 5.92 Å². The highest BCUT2D eigenvalue weighted by Crippen LogP contribution is 2.48. The van der Waals surface area contributed by atoms with Gasteiger partial charge in [-0.2, -0.15) is 0 Å². The van der Waals surface area contributed by atoms with E-state index in [0.29, 0.717) is 25.6 Å². The zero-order valence-electron chi connectivity index (χ0n) is 14.9. The second kappa shape index (κ2) is 7.32. The number of nitrogens with zero attached hydrogens (tertiary/aromatic N) is 2. The maximum Gasteiger partial charge on any atom is 0.253 e. The Morgan fingerprint density at radius 2 is 1.38 bits per heavy atom. The normalized spacial score (nSPS) is 22.6. The first-order valence-corrected chi connectivity index (χ1v) is 9.42. The van der Waals surface area contributed by atoms with Gasteiger partial charge in [-0.3, -0.25) is 9.59 Å². The molecular weight excluding hydrogens is 324 g/mol. The lowest BCUT2D eigenvalue weighted by molar-refractivity contribution is -0.132. The summed E-state index contributed by atoms with van der Waals surface area (Å²) in [6.45, 7) is 2.71. The van der Waals surface area contributed by atoms with Crippen molar-refractivity contribution in [3.8, 4) is 0 Å². The lowest BCUT2D eigenvalue weighted by Gasteiger charge is -2.22. The van der Waals surface area contributed by atoms with Gasteiger partial charge in [-0.05, 0) is 36.5 Å². The van der Waals surface area contributed by atoms with Gasteiger partial charge >= 0.3 is 0 Å². The van der Waals surface area contributed by atoms with Crippen LogP contribution in [0.4, 0.5) is 0 Å². The smallest absolute Gasteiger partial charge is 0.253 e. The van der Waals surface area contributed by atoms with Gasteiger partial charge in [0.05, 0.1) is 0 Å². The second-order valence-electron chi connectivity index (χ2n) is 7.20. The van der Waals surface area contributed by atoms with E-state index < -0.39 is 0 Å². The molecule has 1 saturated carbocycles. The zero-order valence-corrected chi connectivity index (χ0v) is 14.9. The van der Waals surface area contributed by atoms with E-state index in [4.69, 9.17) is 0 Å². The van der Waals surface area contributed by atoms with Crippen molar-refractivity contribution in [1.82, 2.24) is 9.80 Å². The minimum atomic E-state index is 0.0634. The van der Waals surface area contributed by atoms with Gasteiger partial charge in [0.2, 0.25) is 5.91 Å². The molecule has 4 nitrogen and oxygen atoms in total. The summed E-state index contributed by atoms with van der Waals surface area (Å²) in [5, 5.41) is 0. The molecule has 134 valence electrons. The van der Waals surface area contributed by atoms with Gasteiger partial charge < -0.3 is 9.80 Å². The topological polar surface area (TPSA) is 40.6 Å². The zero-order chi connectivity index (χ0) is 17.9. The Bertz CT molecular complexity index is 775. The predicted octanol–water partition coefficient (Wildman–Crippen LogP) is 3.16. The number of hydrogen-bond donors (Lipinski definition) is 0. The van der Waals surface area contributed by atoms with E-state index in [0.717, 1.165) is 24.9 Å². The van der Waals surface area contributed by atoms with E-state index in [2.05, 4.69) is 12.1 Å². The maximum atomic E-state index is 12.9. The predicted molar refractivity (Wildman–Crippen MR) is 101 cm³/mol. The summed E-state index contributed by atoms with van der Waals surface area (Å²) in [7, 11) is 0. The molecule has 1 aliphatic heterocycles. The van der Waals surface area contributed by atoms with E-state index in [1.807, 2.05) is 58.3 Å². The molecule has 2 aromatic rings. The monoisotopic (exact) mass is 348 g/mol. The Balaban J connectivity index is 1.35. The van der Waals surface area contributed by atoms with Crippen LogP contribution in [0.1, 0.15) is 34.7 Å². The third-order valence-corrected chi connectivity index (χ3v) is 5.45. The third kappa shape index (κ3) is 3.50. The Morgan fingerprint density at radius 1 is 0.769 bits per heavy atom. The Morgan fingerprint density at radius 3 is 2.12 bits per heavy atom. The van der Waals surface area contributed by atoms with Gasteiger partial charge in [-0.25, -0.2) is 0 Å². The summed E-state index contributed by atoms with van der Waals surface area (Å²) in [6.07, 6.45) is 1.79. The first-order chi connectivity index (χ1) is 12.7. The van der Waals surface area contributed by atoms with Crippen molar-refractivity contribution in [3.05, 3.63) is 71.8 Å². The Hall–Kier alpha value is -2.62. The lowest BCUT2D eigenvalue weighted by atomic mass is 10.1. The molecule has 0 spiro atoms. The number of rotatable bonds is 3. The summed E-state index contributed by atoms with van der Waals surface area (Å²) in [4.78, 5) is 29.3. The largest absolute Gasteiger partial charge is 0.341 e.